The number of aromatic nitrogens is 4. The summed E-state index contributed by atoms with van der Waals surface area (Å²) in [6, 6.07) is 0. The molecule has 0 bridgehead atoms. The number of hydrogen-bond donors (Lipinski definition) is 1. The third kappa shape index (κ3) is 3.47. The summed E-state index contributed by atoms with van der Waals surface area (Å²) in [5, 5.41) is 8.21. The number of methoxy groups -OCH3 is 1. The van der Waals surface area contributed by atoms with Crippen LogP contribution in [0.25, 0.3) is 11.2 Å². The predicted octanol–water partition coefficient (Wildman–Crippen LogP) is 0.685. The molecule has 0 saturated heterocycles. The lowest BCUT2D eigenvalue weighted by atomic mass is 10.4. The lowest BCUT2D eigenvalue weighted by molar-refractivity contribution is 0.0623. The number of nitrogens with zero attached hydrogens (tertiary/aromatic N) is 4. The van der Waals surface area contributed by atoms with Crippen LogP contribution < -0.4 is 0 Å². The lowest BCUT2D eigenvalue weighted by Gasteiger charge is -2.00. The van der Waals surface area contributed by atoms with E-state index in [0.717, 1.165) is 16.9 Å². The van der Waals surface area contributed by atoms with Gasteiger partial charge in [0.05, 0.1) is 24.7 Å². The number of imidazole rings is 1. The van der Waals surface area contributed by atoms with Gasteiger partial charge in [-0.2, -0.15) is 0 Å². The molecule has 2 heterocycles. The molecule has 0 spiro atoms. The third-order valence-electron chi connectivity index (χ3n) is 2.34. The van der Waals surface area contributed by atoms with Crippen molar-refractivity contribution in [1.82, 2.24) is 19.5 Å². The van der Waals surface area contributed by atoms with Gasteiger partial charge in [0.2, 0.25) is 0 Å². The molecule has 1 N–H and O–H groups in total. The van der Waals surface area contributed by atoms with E-state index in [1.807, 2.05) is 18.5 Å². The molecule has 0 aliphatic rings. The summed E-state index contributed by atoms with van der Waals surface area (Å²) in [4.78, 5) is 12.3. The van der Waals surface area contributed by atoms with Crippen LogP contribution in [0.5, 0.6) is 0 Å². The van der Waals surface area contributed by atoms with E-state index in [-0.39, 0.29) is 12.7 Å². The van der Waals surface area contributed by atoms with Crippen LogP contribution in [0.1, 0.15) is 12.6 Å². The van der Waals surface area contributed by atoms with Crippen LogP contribution in [0.3, 0.4) is 0 Å². The topological polar surface area (TPSA) is 73.1 Å². The molecule has 17 heavy (non-hydrogen) atoms. The minimum atomic E-state index is -0.00926. The third-order valence-corrected chi connectivity index (χ3v) is 2.34. The predicted molar refractivity (Wildman–Crippen MR) is 64.6 cm³/mol. The highest BCUT2D eigenvalue weighted by Gasteiger charge is 2.02. The average molecular weight is 238 g/mol. The zero-order valence-electron chi connectivity index (χ0n) is 10.6. The van der Waals surface area contributed by atoms with Crippen LogP contribution in [0.2, 0.25) is 0 Å². The number of ether oxygens (including phenoxy) is 1. The lowest BCUT2D eigenvalue weighted by Crippen LogP contribution is -2.08. The molecule has 0 aliphatic heterocycles. The summed E-state index contributed by atoms with van der Waals surface area (Å²) in [6.45, 7) is 3.84. The Morgan fingerprint density at radius 2 is 2.12 bits per heavy atom. The first-order valence-electron chi connectivity index (χ1n) is 5.32. The largest absolute Gasteiger partial charge is 0.394 e. The number of rotatable bonds is 2. The Hall–Kier alpha value is -1.53. The summed E-state index contributed by atoms with van der Waals surface area (Å²) in [7, 11) is 3.49. The van der Waals surface area contributed by atoms with Crippen LogP contribution in [-0.2, 0) is 11.8 Å². The maximum Gasteiger partial charge on any atom is 0.163 e. The number of aliphatic hydroxyl groups excluding tert-OH is 1. The van der Waals surface area contributed by atoms with E-state index >= 15 is 0 Å². The fourth-order valence-electron chi connectivity index (χ4n) is 1.14. The molecule has 1 unspecified atom stereocenters. The Morgan fingerprint density at radius 1 is 1.41 bits per heavy atom. The number of hydrogen-bond acceptors (Lipinski definition) is 5. The minimum Gasteiger partial charge on any atom is -0.394 e. The molecule has 0 radical (unpaired) electrons. The molecule has 0 saturated carbocycles. The highest BCUT2D eigenvalue weighted by atomic mass is 16.5. The van der Waals surface area contributed by atoms with E-state index in [0.29, 0.717) is 0 Å². The van der Waals surface area contributed by atoms with Gasteiger partial charge in [-0.25, -0.2) is 15.0 Å². The van der Waals surface area contributed by atoms with Gasteiger partial charge in [0, 0.05) is 14.2 Å². The Balaban J connectivity index is 0.000000209. The second-order valence-electron chi connectivity index (χ2n) is 3.72. The first-order chi connectivity index (χ1) is 8.10. The van der Waals surface area contributed by atoms with Crippen molar-refractivity contribution in [1.29, 1.82) is 0 Å². The number of aryl methyl sites for hydroxylation is 2. The number of fused-ring (bicyclic) bond motifs is 1. The Morgan fingerprint density at radius 3 is 2.59 bits per heavy atom. The minimum absolute atomic E-state index is 0.00926. The summed E-state index contributed by atoms with van der Waals surface area (Å²) < 4.78 is 6.53. The average Bonchev–Trinajstić information content (AvgIpc) is 2.73. The molecule has 6 heteroatoms. The van der Waals surface area contributed by atoms with Crippen molar-refractivity contribution in [3.63, 3.8) is 0 Å². The van der Waals surface area contributed by atoms with Gasteiger partial charge in [-0.15, -0.1) is 0 Å². The summed E-state index contributed by atoms with van der Waals surface area (Å²) in [6.07, 6.45) is 3.29. The Kier molecular flexibility index (Phi) is 4.99. The van der Waals surface area contributed by atoms with Crippen molar-refractivity contribution in [2.24, 2.45) is 7.05 Å². The van der Waals surface area contributed by atoms with Gasteiger partial charge < -0.3 is 14.4 Å². The van der Waals surface area contributed by atoms with Crippen LogP contribution in [0, 0.1) is 6.92 Å². The van der Waals surface area contributed by atoms with Crippen LogP contribution >= 0.6 is 0 Å². The van der Waals surface area contributed by atoms with Crippen LogP contribution in [0.4, 0.5) is 0 Å². The van der Waals surface area contributed by atoms with Crippen molar-refractivity contribution in [2.75, 3.05) is 13.7 Å². The van der Waals surface area contributed by atoms with Crippen molar-refractivity contribution in [3.8, 4) is 0 Å². The molecule has 2 aromatic heterocycles. The molecular weight excluding hydrogens is 220 g/mol. The standard InChI is InChI=1S/C7H8N4.C4H10O2/c1-5-6-7(9-3-8-5)11(2)4-10-6;1-4(3-5)6-2/h3-4H,1-2H3;4-5H,3H2,1-2H3. The summed E-state index contributed by atoms with van der Waals surface area (Å²) in [5.74, 6) is 0. The molecule has 6 nitrogen and oxygen atoms in total. The van der Waals surface area contributed by atoms with E-state index in [4.69, 9.17) is 5.11 Å². The van der Waals surface area contributed by atoms with E-state index in [9.17, 15) is 0 Å². The molecule has 94 valence electrons. The maximum absolute atomic E-state index is 8.21. The zero-order valence-corrected chi connectivity index (χ0v) is 10.6. The molecule has 1 atom stereocenters. The molecule has 0 aromatic carbocycles. The highest BCUT2D eigenvalue weighted by Crippen LogP contribution is 2.09. The van der Waals surface area contributed by atoms with Gasteiger partial charge in [0.25, 0.3) is 0 Å². The molecule has 2 rings (SSSR count). The van der Waals surface area contributed by atoms with Gasteiger partial charge in [0.1, 0.15) is 11.8 Å². The van der Waals surface area contributed by atoms with Gasteiger partial charge >= 0.3 is 0 Å². The smallest absolute Gasteiger partial charge is 0.163 e. The van der Waals surface area contributed by atoms with Crippen LogP contribution in [-0.4, -0.2) is 44.4 Å². The molecule has 0 amide bonds. The Bertz CT molecular complexity index is 465. The van der Waals surface area contributed by atoms with E-state index in [1.54, 1.807) is 26.7 Å². The fourth-order valence-corrected chi connectivity index (χ4v) is 1.14. The highest BCUT2D eigenvalue weighted by molar-refractivity contribution is 5.72. The molecule has 0 fully saturated rings. The van der Waals surface area contributed by atoms with Gasteiger partial charge in [-0.05, 0) is 13.8 Å². The summed E-state index contributed by atoms with van der Waals surface area (Å²) >= 11 is 0. The van der Waals surface area contributed by atoms with Crippen molar-refractivity contribution < 1.29 is 9.84 Å². The first-order valence-corrected chi connectivity index (χ1v) is 5.32. The molecule has 2 aromatic rings. The zero-order chi connectivity index (χ0) is 12.8. The normalized spacial score (nSPS) is 12.1. The quantitative estimate of drug-likeness (QED) is 0.833. The first kappa shape index (κ1) is 13.5. The van der Waals surface area contributed by atoms with Gasteiger partial charge in [0.15, 0.2) is 5.65 Å². The maximum atomic E-state index is 8.21. The van der Waals surface area contributed by atoms with E-state index in [2.05, 4.69) is 19.7 Å². The van der Waals surface area contributed by atoms with Crippen molar-refractivity contribution >= 4 is 11.2 Å². The van der Waals surface area contributed by atoms with Crippen molar-refractivity contribution in [3.05, 3.63) is 18.3 Å². The Labute approximate surface area is 100 Å². The number of aliphatic hydroxyl groups is 1. The van der Waals surface area contributed by atoms with Crippen LogP contribution in [0.15, 0.2) is 12.7 Å². The molecule has 0 aliphatic carbocycles. The fraction of sp³-hybridized carbons (Fsp3) is 0.545. The van der Waals surface area contributed by atoms with Gasteiger partial charge in [-0.1, -0.05) is 0 Å². The second-order valence-corrected chi connectivity index (χ2v) is 3.72. The van der Waals surface area contributed by atoms with E-state index < -0.39 is 0 Å². The SMILES string of the molecule is COC(C)CO.Cc1ncnc2c1ncn2C. The van der Waals surface area contributed by atoms with Gasteiger partial charge in [-0.3, -0.25) is 0 Å². The second kappa shape index (κ2) is 6.27. The van der Waals surface area contributed by atoms with E-state index in [1.165, 1.54) is 0 Å². The monoisotopic (exact) mass is 238 g/mol. The summed E-state index contributed by atoms with van der Waals surface area (Å²) in [5.41, 5.74) is 2.70. The molecular formula is C11H18N4O2. The van der Waals surface area contributed by atoms with Crippen molar-refractivity contribution in [2.45, 2.75) is 20.0 Å².